The van der Waals surface area contributed by atoms with Crippen LogP contribution in [0.5, 0.6) is 0 Å². The number of amides is 1. The number of carbonyl (C=O) groups excluding carboxylic acids is 1. The molecule has 4 nitrogen and oxygen atoms in total. The molecular formula is C14H18F2N2O2. The molecule has 0 bridgehead atoms. The molecule has 2 rings (SSSR count). The van der Waals surface area contributed by atoms with E-state index in [-0.39, 0.29) is 11.7 Å². The van der Waals surface area contributed by atoms with E-state index in [0.29, 0.717) is 13.2 Å². The first-order valence-corrected chi connectivity index (χ1v) is 6.55. The van der Waals surface area contributed by atoms with Crippen molar-refractivity contribution in [1.82, 2.24) is 5.32 Å². The monoisotopic (exact) mass is 284 g/mol. The van der Waals surface area contributed by atoms with Crippen molar-refractivity contribution in [3.63, 3.8) is 0 Å². The Kier molecular flexibility index (Phi) is 4.35. The quantitative estimate of drug-likeness (QED) is 0.860. The maximum absolute atomic E-state index is 13.3. The zero-order valence-corrected chi connectivity index (χ0v) is 11.3. The number of hydrogen-bond acceptors (Lipinski definition) is 3. The molecule has 0 aliphatic carbocycles. The first-order valence-electron chi connectivity index (χ1n) is 6.55. The third-order valence-corrected chi connectivity index (χ3v) is 3.64. The number of rotatable bonds is 5. The van der Waals surface area contributed by atoms with Gasteiger partial charge in [0.1, 0.15) is 17.2 Å². The van der Waals surface area contributed by atoms with Crippen molar-refractivity contribution >= 4 is 5.91 Å². The van der Waals surface area contributed by atoms with Crippen molar-refractivity contribution in [3.05, 3.63) is 35.4 Å². The molecule has 1 aromatic carbocycles. The molecule has 1 aliphatic rings. The molecule has 20 heavy (non-hydrogen) atoms. The fourth-order valence-electron chi connectivity index (χ4n) is 2.30. The standard InChI is InChI=1S/C14H18F2N2O2/c1-14(13(17)19,18-8-12-3-2-4-20-12)9-5-10(15)7-11(16)6-9/h5-7,12,18H,2-4,8H2,1H3,(H2,17,19). The number of primary amides is 1. The third kappa shape index (κ3) is 3.13. The minimum atomic E-state index is -1.34. The predicted octanol–water partition coefficient (Wildman–Crippen LogP) is 1.43. The van der Waals surface area contributed by atoms with E-state index < -0.39 is 23.1 Å². The number of benzene rings is 1. The maximum atomic E-state index is 13.3. The molecule has 2 unspecified atom stereocenters. The fraction of sp³-hybridized carbons (Fsp3) is 0.500. The summed E-state index contributed by atoms with van der Waals surface area (Å²) in [6.45, 7) is 2.60. The molecule has 0 aromatic heterocycles. The van der Waals surface area contributed by atoms with Gasteiger partial charge in [-0.3, -0.25) is 10.1 Å². The number of nitrogens with two attached hydrogens (primary N) is 1. The number of carbonyl (C=O) groups is 1. The lowest BCUT2D eigenvalue weighted by Crippen LogP contribution is -2.52. The highest BCUT2D eigenvalue weighted by Gasteiger charge is 2.34. The molecule has 1 heterocycles. The summed E-state index contributed by atoms with van der Waals surface area (Å²) in [6.07, 6.45) is 1.85. The largest absolute Gasteiger partial charge is 0.377 e. The topological polar surface area (TPSA) is 64.3 Å². The van der Waals surface area contributed by atoms with E-state index in [1.54, 1.807) is 0 Å². The van der Waals surface area contributed by atoms with Crippen molar-refractivity contribution < 1.29 is 18.3 Å². The van der Waals surface area contributed by atoms with Crippen LogP contribution in [0, 0.1) is 11.6 Å². The Balaban J connectivity index is 2.21. The highest BCUT2D eigenvalue weighted by atomic mass is 19.1. The van der Waals surface area contributed by atoms with E-state index in [0.717, 1.165) is 31.0 Å². The smallest absolute Gasteiger partial charge is 0.242 e. The highest BCUT2D eigenvalue weighted by Crippen LogP contribution is 2.23. The average Bonchev–Trinajstić information content (AvgIpc) is 2.87. The molecule has 1 saturated heterocycles. The zero-order valence-electron chi connectivity index (χ0n) is 11.3. The van der Waals surface area contributed by atoms with Crippen LogP contribution in [0.4, 0.5) is 8.78 Å². The highest BCUT2D eigenvalue weighted by molar-refractivity contribution is 5.85. The van der Waals surface area contributed by atoms with E-state index >= 15 is 0 Å². The van der Waals surface area contributed by atoms with Gasteiger partial charge in [0.05, 0.1) is 6.10 Å². The Morgan fingerprint density at radius 2 is 2.10 bits per heavy atom. The molecule has 3 N–H and O–H groups in total. The molecule has 1 fully saturated rings. The van der Waals surface area contributed by atoms with Gasteiger partial charge in [0.25, 0.3) is 0 Å². The van der Waals surface area contributed by atoms with E-state index in [4.69, 9.17) is 10.5 Å². The van der Waals surface area contributed by atoms with Gasteiger partial charge in [0.2, 0.25) is 5.91 Å². The molecule has 6 heteroatoms. The minimum absolute atomic E-state index is 0.00733. The summed E-state index contributed by atoms with van der Waals surface area (Å²) in [5.74, 6) is -2.18. The molecule has 0 spiro atoms. The van der Waals surface area contributed by atoms with Gasteiger partial charge in [-0.25, -0.2) is 8.78 Å². The van der Waals surface area contributed by atoms with Crippen molar-refractivity contribution in [2.75, 3.05) is 13.2 Å². The van der Waals surface area contributed by atoms with Gasteiger partial charge in [-0.15, -0.1) is 0 Å². The van der Waals surface area contributed by atoms with E-state index in [1.165, 1.54) is 6.92 Å². The molecule has 1 aliphatic heterocycles. The second-order valence-corrected chi connectivity index (χ2v) is 5.16. The van der Waals surface area contributed by atoms with Crippen LogP contribution in [0.1, 0.15) is 25.3 Å². The molecule has 1 aromatic rings. The summed E-state index contributed by atoms with van der Waals surface area (Å²) in [5.41, 5.74) is 4.23. The van der Waals surface area contributed by atoms with Crippen LogP contribution < -0.4 is 11.1 Å². The lowest BCUT2D eigenvalue weighted by molar-refractivity contribution is -0.124. The van der Waals surface area contributed by atoms with Gasteiger partial charge in [0.15, 0.2) is 0 Å². The predicted molar refractivity (Wildman–Crippen MR) is 69.9 cm³/mol. The third-order valence-electron chi connectivity index (χ3n) is 3.64. The fourth-order valence-corrected chi connectivity index (χ4v) is 2.30. The zero-order chi connectivity index (χ0) is 14.8. The van der Waals surface area contributed by atoms with Crippen LogP contribution in [-0.4, -0.2) is 25.2 Å². The van der Waals surface area contributed by atoms with Crippen LogP contribution in [0.15, 0.2) is 18.2 Å². The summed E-state index contributed by atoms with van der Waals surface area (Å²) in [6, 6.07) is 2.97. The minimum Gasteiger partial charge on any atom is -0.377 e. The second kappa shape index (κ2) is 5.85. The Labute approximate surface area is 116 Å². The van der Waals surface area contributed by atoms with Crippen molar-refractivity contribution in [1.29, 1.82) is 0 Å². The number of nitrogens with one attached hydrogen (secondary N) is 1. The number of ether oxygens (including phenoxy) is 1. The van der Waals surface area contributed by atoms with Crippen LogP contribution in [-0.2, 0) is 15.1 Å². The molecule has 2 atom stereocenters. The van der Waals surface area contributed by atoms with Crippen molar-refractivity contribution in [2.45, 2.75) is 31.4 Å². The molecule has 110 valence electrons. The molecule has 0 saturated carbocycles. The lowest BCUT2D eigenvalue weighted by atomic mass is 9.90. The number of halogens is 2. The maximum Gasteiger partial charge on any atom is 0.242 e. The van der Waals surface area contributed by atoms with Crippen LogP contribution in [0.25, 0.3) is 0 Å². The van der Waals surface area contributed by atoms with Gasteiger partial charge >= 0.3 is 0 Å². The Morgan fingerprint density at radius 1 is 1.45 bits per heavy atom. The van der Waals surface area contributed by atoms with Crippen molar-refractivity contribution in [2.24, 2.45) is 5.73 Å². The summed E-state index contributed by atoms with van der Waals surface area (Å²) in [5, 5.41) is 2.98. The summed E-state index contributed by atoms with van der Waals surface area (Å²) >= 11 is 0. The number of hydrogen-bond donors (Lipinski definition) is 2. The van der Waals surface area contributed by atoms with Gasteiger partial charge in [-0.05, 0) is 37.5 Å². The van der Waals surface area contributed by atoms with Gasteiger partial charge < -0.3 is 10.5 Å². The second-order valence-electron chi connectivity index (χ2n) is 5.16. The van der Waals surface area contributed by atoms with Crippen molar-refractivity contribution in [3.8, 4) is 0 Å². The summed E-state index contributed by atoms with van der Waals surface area (Å²) in [4.78, 5) is 11.7. The van der Waals surface area contributed by atoms with Gasteiger partial charge in [0, 0.05) is 19.2 Å². The SMILES string of the molecule is CC(NCC1CCCO1)(C(N)=O)c1cc(F)cc(F)c1. The average molecular weight is 284 g/mol. The Morgan fingerprint density at radius 3 is 2.60 bits per heavy atom. The van der Waals surface area contributed by atoms with Gasteiger partial charge in [-0.2, -0.15) is 0 Å². The summed E-state index contributed by atoms with van der Waals surface area (Å²) in [7, 11) is 0. The van der Waals surface area contributed by atoms with Crippen LogP contribution in [0.2, 0.25) is 0 Å². The lowest BCUT2D eigenvalue weighted by Gasteiger charge is -2.29. The van der Waals surface area contributed by atoms with E-state index in [9.17, 15) is 13.6 Å². The Hall–Kier alpha value is -1.53. The first kappa shape index (κ1) is 14.9. The van der Waals surface area contributed by atoms with Crippen LogP contribution >= 0.6 is 0 Å². The molecular weight excluding hydrogens is 266 g/mol. The van der Waals surface area contributed by atoms with E-state index in [2.05, 4.69) is 5.32 Å². The molecule has 1 amide bonds. The summed E-state index contributed by atoms with van der Waals surface area (Å²) < 4.78 is 32.1. The first-order chi connectivity index (χ1) is 9.41. The normalized spacial score (nSPS) is 21.6. The van der Waals surface area contributed by atoms with Crippen LogP contribution in [0.3, 0.4) is 0 Å². The van der Waals surface area contributed by atoms with Gasteiger partial charge in [-0.1, -0.05) is 0 Å². The Bertz CT molecular complexity index is 484. The molecule has 0 radical (unpaired) electrons. The van der Waals surface area contributed by atoms with E-state index in [1.807, 2.05) is 0 Å².